The van der Waals surface area contributed by atoms with Crippen LogP contribution in [0.1, 0.15) is 26.3 Å². The van der Waals surface area contributed by atoms with Crippen LogP contribution in [0.25, 0.3) is 0 Å². The Kier molecular flexibility index (Phi) is 5.79. The van der Waals surface area contributed by atoms with Crippen molar-refractivity contribution in [3.8, 4) is 5.75 Å². The minimum atomic E-state index is 0.119. The first-order chi connectivity index (χ1) is 7.99. The number of hydrogen-bond acceptors (Lipinski definition) is 2. The zero-order chi connectivity index (χ0) is 12.8. The summed E-state index contributed by atoms with van der Waals surface area (Å²) in [5.74, 6) is 1.43. The fourth-order valence-corrected chi connectivity index (χ4v) is 1.70. The van der Waals surface area contributed by atoms with Crippen LogP contribution in [0.5, 0.6) is 5.75 Å². The standard InChI is InChI=1S/C14H22ClNO/c1-10(2)8-16-9-12(4)17-14-7-11(3)5-6-13(14)15/h5-7,10,12,16H,8-9H2,1-4H3. The van der Waals surface area contributed by atoms with E-state index in [0.717, 1.165) is 24.4 Å². The van der Waals surface area contributed by atoms with E-state index in [-0.39, 0.29) is 6.10 Å². The Hall–Kier alpha value is -0.730. The van der Waals surface area contributed by atoms with Gasteiger partial charge in [-0.05, 0) is 44.0 Å². The predicted octanol–water partition coefficient (Wildman–Crippen LogP) is 3.66. The Balaban J connectivity index is 2.44. The summed E-state index contributed by atoms with van der Waals surface area (Å²) in [5, 5.41) is 4.04. The van der Waals surface area contributed by atoms with Crippen molar-refractivity contribution in [1.29, 1.82) is 0 Å². The number of hydrogen-bond donors (Lipinski definition) is 1. The first-order valence-electron chi connectivity index (χ1n) is 6.12. The van der Waals surface area contributed by atoms with Gasteiger partial charge in [0.1, 0.15) is 11.9 Å². The van der Waals surface area contributed by atoms with Crippen LogP contribution in [0.3, 0.4) is 0 Å². The molecule has 3 heteroatoms. The molecule has 0 saturated heterocycles. The van der Waals surface area contributed by atoms with Crippen molar-refractivity contribution >= 4 is 11.6 Å². The molecular weight excluding hydrogens is 234 g/mol. The molecule has 1 rings (SSSR count). The first kappa shape index (κ1) is 14.3. The minimum Gasteiger partial charge on any atom is -0.488 e. The average Bonchev–Trinajstić information content (AvgIpc) is 2.23. The highest BCUT2D eigenvalue weighted by Gasteiger charge is 2.07. The van der Waals surface area contributed by atoms with E-state index in [2.05, 4.69) is 19.2 Å². The number of ether oxygens (including phenoxy) is 1. The van der Waals surface area contributed by atoms with E-state index in [1.807, 2.05) is 32.0 Å². The normalized spacial score (nSPS) is 12.8. The Labute approximate surface area is 109 Å². The van der Waals surface area contributed by atoms with Gasteiger partial charge < -0.3 is 10.1 Å². The van der Waals surface area contributed by atoms with E-state index < -0.39 is 0 Å². The fraction of sp³-hybridized carbons (Fsp3) is 0.571. The van der Waals surface area contributed by atoms with Crippen molar-refractivity contribution in [2.45, 2.75) is 33.8 Å². The molecule has 0 bridgehead atoms. The molecule has 1 unspecified atom stereocenters. The third-order valence-electron chi connectivity index (χ3n) is 2.40. The third-order valence-corrected chi connectivity index (χ3v) is 2.71. The van der Waals surface area contributed by atoms with Crippen LogP contribution in [-0.2, 0) is 0 Å². The monoisotopic (exact) mass is 255 g/mol. The van der Waals surface area contributed by atoms with E-state index in [4.69, 9.17) is 16.3 Å². The Morgan fingerprint density at radius 3 is 2.59 bits per heavy atom. The van der Waals surface area contributed by atoms with Crippen molar-refractivity contribution < 1.29 is 4.74 Å². The highest BCUT2D eigenvalue weighted by molar-refractivity contribution is 6.32. The predicted molar refractivity (Wildman–Crippen MR) is 74.0 cm³/mol. The molecule has 2 nitrogen and oxygen atoms in total. The zero-order valence-corrected chi connectivity index (χ0v) is 11.8. The van der Waals surface area contributed by atoms with Gasteiger partial charge in [0, 0.05) is 6.54 Å². The Bertz CT molecular complexity index is 352. The summed E-state index contributed by atoms with van der Waals surface area (Å²) in [5.41, 5.74) is 1.16. The summed E-state index contributed by atoms with van der Waals surface area (Å²) < 4.78 is 5.81. The SMILES string of the molecule is Cc1ccc(Cl)c(OC(C)CNCC(C)C)c1. The minimum absolute atomic E-state index is 0.119. The molecule has 0 spiro atoms. The number of aryl methyl sites for hydroxylation is 1. The Morgan fingerprint density at radius 2 is 1.94 bits per heavy atom. The fourth-order valence-electron chi connectivity index (χ4n) is 1.53. The summed E-state index contributed by atoms with van der Waals surface area (Å²) in [6.07, 6.45) is 0.119. The second-order valence-electron chi connectivity index (χ2n) is 4.91. The van der Waals surface area contributed by atoms with Crippen LogP contribution in [-0.4, -0.2) is 19.2 Å². The van der Waals surface area contributed by atoms with Crippen LogP contribution < -0.4 is 10.1 Å². The molecule has 0 radical (unpaired) electrons. The molecule has 0 saturated carbocycles. The van der Waals surface area contributed by atoms with Gasteiger partial charge in [0.2, 0.25) is 0 Å². The topological polar surface area (TPSA) is 21.3 Å². The molecule has 0 aromatic heterocycles. The van der Waals surface area contributed by atoms with Gasteiger partial charge in [-0.1, -0.05) is 31.5 Å². The summed E-state index contributed by atoms with van der Waals surface area (Å²) in [6, 6.07) is 5.83. The second kappa shape index (κ2) is 6.87. The molecule has 1 N–H and O–H groups in total. The van der Waals surface area contributed by atoms with Crippen LogP contribution in [0.4, 0.5) is 0 Å². The maximum Gasteiger partial charge on any atom is 0.138 e. The molecule has 0 heterocycles. The highest BCUT2D eigenvalue weighted by Crippen LogP contribution is 2.26. The van der Waals surface area contributed by atoms with Crippen molar-refractivity contribution in [1.82, 2.24) is 5.32 Å². The number of benzene rings is 1. The first-order valence-corrected chi connectivity index (χ1v) is 6.50. The Morgan fingerprint density at radius 1 is 1.24 bits per heavy atom. The van der Waals surface area contributed by atoms with Crippen molar-refractivity contribution in [2.75, 3.05) is 13.1 Å². The van der Waals surface area contributed by atoms with E-state index in [9.17, 15) is 0 Å². The zero-order valence-electron chi connectivity index (χ0n) is 11.1. The molecule has 1 aromatic rings. The van der Waals surface area contributed by atoms with Gasteiger partial charge in [-0.2, -0.15) is 0 Å². The van der Waals surface area contributed by atoms with Crippen molar-refractivity contribution in [2.24, 2.45) is 5.92 Å². The van der Waals surface area contributed by atoms with Gasteiger partial charge >= 0.3 is 0 Å². The summed E-state index contributed by atoms with van der Waals surface area (Å²) in [7, 11) is 0. The molecule has 0 fully saturated rings. The van der Waals surface area contributed by atoms with Crippen LogP contribution >= 0.6 is 11.6 Å². The third kappa shape index (κ3) is 5.42. The van der Waals surface area contributed by atoms with E-state index >= 15 is 0 Å². The quantitative estimate of drug-likeness (QED) is 0.838. The molecule has 96 valence electrons. The second-order valence-corrected chi connectivity index (χ2v) is 5.32. The van der Waals surface area contributed by atoms with Gasteiger partial charge in [-0.25, -0.2) is 0 Å². The van der Waals surface area contributed by atoms with Crippen LogP contribution in [0, 0.1) is 12.8 Å². The number of nitrogens with one attached hydrogen (secondary N) is 1. The van der Waals surface area contributed by atoms with Gasteiger partial charge in [0.25, 0.3) is 0 Å². The largest absolute Gasteiger partial charge is 0.488 e. The average molecular weight is 256 g/mol. The summed E-state index contributed by atoms with van der Waals surface area (Å²) >= 11 is 6.08. The molecule has 0 aliphatic heterocycles. The number of halogens is 1. The summed E-state index contributed by atoms with van der Waals surface area (Å²) in [6.45, 7) is 10.3. The van der Waals surface area contributed by atoms with Gasteiger partial charge in [0.15, 0.2) is 0 Å². The molecule has 17 heavy (non-hydrogen) atoms. The highest BCUT2D eigenvalue weighted by atomic mass is 35.5. The lowest BCUT2D eigenvalue weighted by molar-refractivity contribution is 0.215. The number of rotatable bonds is 6. The maximum atomic E-state index is 6.08. The maximum absolute atomic E-state index is 6.08. The molecule has 1 aromatic carbocycles. The van der Waals surface area contributed by atoms with Gasteiger partial charge in [0.05, 0.1) is 5.02 Å². The smallest absolute Gasteiger partial charge is 0.138 e. The van der Waals surface area contributed by atoms with Crippen LogP contribution in [0.2, 0.25) is 5.02 Å². The van der Waals surface area contributed by atoms with E-state index in [0.29, 0.717) is 10.9 Å². The van der Waals surface area contributed by atoms with Gasteiger partial charge in [-0.3, -0.25) is 0 Å². The molecule has 0 aliphatic rings. The lowest BCUT2D eigenvalue weighted by Crippen LogP contribution is -2.31. The molecule has 0 amide bonds. The lowest BCUT2D eigenvalue weighted by atomic mass is 10.2. The molecule has 1 atom stereocenters. The van der Waals surface area contributed by atoms with Crippen molar-refractivity contribution in [3.05, 3.63) is 28.8 Å². The molecular formula is C14H22ClNO. The molecule has 0 aliphatic carbocycles. The van der Waals surface area contributed by atoms with Crippen LogP contribution in [0.15, 0.2) is 18.2 Å². The lowest BCUT2D eigenvalue weighted by Gasteiger charge is -2.17. The van der Waals surface area contributed by atoms with E-state index in [1.54, 1.807) is 0 Å². The summed E-state index contributed by atoms with van der Waals surface area (Å²) in [4.78, 5) is 0. The van der Waals surface area contributed by atoms with Crippen molar-refractivity contribution in [3.63, 3.8) is 0 Å². The van der Waals surface area contributed by atoms with E-state index in [1.165, 1.54) is 0 Å². The van der Waals surface area contributed by atoms with Gasteiger partial charge in [-0.15, -0.1) is 0 Å².